The highest BCUT2D eigenvalue weighted by atomic mass is 16.6. The van der Waals surface area contributed by atoms with Gasteiger partial charge in [0, 0.05) is 19.3 Å². The molecular weight excluding hydrogens is 841 g/mol. The van der Waals surface area contributed by atoms with E-state index in [0.717, 1.165) is 128 Å². The van der Waals surface area contributed by atoms with Crippen LogP contribution in [0.15, 0.2) is 97.2 Å². The first-order valence-corrected chi connectivity index (χ1v) is 28.2. The van der Waals surface area contributed by atoms with Crippen LogP contribution in [-0.2, 0) is 28.6 Å². The van der Waals surface area contributed by atoms with E-state index < -0.39 is 6.10 Å². The van der Waals surface area contributed by atoms with Crippen molar-refractivity contribution in [2.75, 3.05) is 13.2 Å². The molecular formula is C62H104O6. The van der Waals surface area contributed by atoms with Crippen LogP contribution >= 0.6 is 0 Å². The Kier molecular flexibility index (Phi) is 52.9. The first-order chi connectivity index (χ1) is 33.5. The lowest BCUT2D eigenvalue weighted by atomic mass is 10.1. The van der Waals surface area contributed by atoms with E-state index >= 15 is 0 Å². The van der Waals surface area contributed by atoms with Gasteiger partial charge in [0.25, 0.3) is 0 Å². The lowest BCUT2D eigenvalue weighted by molar-refractivity contribution is -0.167. The summed E-state index contributed by atoms with van der Waals surface area (Å²) in [5.74, 6) is -0.927. The summed E-state index contributed by atoms with van der Waals surface area (Å²) in [4.78, 5) is 38.1. The summed E-state index contributed by atoms with van der Waals surface area (Å²) in [7, 11) is 0. The molecule has 388 valence electrons. The van der Waals surface area contributed by atoms with E-state index in [9.17, 15) is 14.4 Å². The second kappa shape index (κ2) is 55.9. The first-order valence-electron chi connectivity index (χ1n) is 28.2. The van der Waals surface area contributed by atoms with Crippen molar-refractivity contribution in [1.82, 2.24) is 0 Å². The zero-order chi connectivity index (χ0) is 49.3. The fraction of sp³-hybridized carbons (Fsp3) is 0.694. The van der Waals surface area contributed by atoms with Crippen LogP contribution in [0.3, 0.4) is 0 Å². The average molecular weight is 946 g/mol. The van der Waals surface area contributed by atoms with Crippen LogP contribution in [0.2, 0.25) is 0 Å². The molecule has 0 heterocycles. The highest BCUT2D eigenvalue weighted by Crippen LogP contribution is 2.14. The summed E-state index contributed by atoms with van der Waals surface area (Å²) in [6.07, 6.45) is 73.9. The van der Waals surface area contributed by atoms with Crippen LogP contribution in [0, 0.1) is 0 Å². The highest BCUT2D eigenvalue weighted by molar-refractivity contribution is 5.71. The van der Waals surface area contributed by atoms with Crippen molar-refractivity contribution >= 4 is 17.9 Å². The smallest absolute Gasteiger partial charge is 0.306 e. The molecule has 0 aromatic carbocycles. The number of carbonyl (C=O) groups excluding carboxylic acids is 3. The molecule has 0 aromatic rings. The third kappa shape index (κ3) is 53.3. The zero-order valence-electron chi connectivity index (χ0n) is 44.3. The minimum absolute atomic E-state index is 0.0926. The summed E-state index contributed by atoms with van der Waals surface area (Å²) in [5.41, 5.74) is 0. The van der Waals surface area contributed by atoms with Gasteiger partial charge in [0.1, 0.15) is 13.2 Å². The van der Waals surface area contributed by atoms with Gasteiger partial charge in [-0.15, -0.1) is 0 Å². The van der Waals surface area contributed by atoms with E-state index in [4.69, 9.17) is 14.2 Å². The topological polar surface area (TPSA) is 78.9 Å². The van der Waals surface area contributed by atoms with Gasteiger partial charge in [-0.3, -0.25) is 14.4 Å². The Balaban J connectivity index is 4.43. The van der Waals surface area contributed by atoms with Crippen LogP contribution in [0.5, 0.6) is 0 Å². The predicted molar refractivity (Wildman–Crippen MR) is 293 cm³/mol. The summed E-state index contributed by atoms with van der Waals surface area (Å²) in [6.45, 7) is 6.45. The summed E-state index contributed by atoms with van der Waals surface area (Å²) < 4.78 is 16.8. The van der Waals surface area contributed by atoms with Crippen LogP contribution in [0.25, 0.3) is 0 Å². The first kappa shape index (κ1) is 64.3. The Labute approximate surface area is 419 Å². The number of rotatable bonds is 50. The predicted octanol–water partition coefficient (Wildman–Crippen LogP) is 18.9. The Morgan fingerprint density at radius 3 is 0.912 bits per heavy atom. The maximum atomic E-state index is 12.9. The van der Waals surface area contributed by atoms with Crippen molar-refractivity contribution in [3.8, 4) is 0 Å². The Morgan fingerprint density at radius 1 is 0.309 bits per heavy atom. The van der Waals surface area contributed by atoms with Crippen molar-refractivity contribution < 1.29 is 28.6 Å². The molecule has 0 aliphatic rings. The number of hydrogen-bond donors (Lipinski definition) is 0. The van der Waals surface area contributed by atoms with Crippen molar-refractivity contribution in [3.63, 3.8) is 0 Å². The SMILES string of the molecule is CC/C=C\C/C=C\C/C=C\C/C=C\CCCCCCCCC(=O)OCC(COC(=O)CCCCCCC/C=C\CCCCC)OC(=O)CCCCCCCC/C=C\C/C=C\C/C=C\CCCCC. The van der Waals surface area contributed by atoms with E-state index in [1.54, 1.807) is 0 Å². The summed E-state index contributed by atoms with van der Waals surface area (Å²) in [6, 6.07) is 0. The standard InChI is InChI=1S/C62H104O6/c1-4-7-10-13-16-19-22-25-27-29-31-33-35-37-40-43-46-49-52-55-61(64)67-58-59(57-66-60(63)54-51-48-45-42-39-24-21-18-15-12-9-6-3)68-62(65)56-53-50-47-44-41-38-36-34-32-30-28-26-23-20-17-14-11-8-5-2/h7,10,16-21,25-28,31-34,59H,4-6,8-9,11-15,22-24,29-30,35-58H2,1-3H3/b10-7-,19-16-,20-17-,21-18-,27-25-,28-26-,33-31-,34-32-. The van der Waals surface area contributed by atoms with Gasteiger partial charge in [0.2, 0.25) is 0 Å². The van der Waals surface area contributed by atoms with Crippen molar-refractivity contribution in [2.45, 2.75) is 264 Å². The van der Waals surface area contributed by atoms with E-state index in [2.05, 4.69) is 118 Å². The molecule has 6 nitrogen and oxygen atoms in total. The van der Waals surface area contributed by atoms with Gasteiger partial charge >= 0.3 is 17.9 Å². The number of hydrogen-bond acceptors (Lipinski definition) is 6. The number of unbranched alkanes of at least 4 members (excludes halogenated alkanes) is 23. The monoisotopic (exact) mass is 945 g/mol. The fourth-order valence-corrected chi connectivity index (χ4v) is 7.55. The largest absolute Gasteiger partial charge is 0.462 e. The Hall–Kier alpha value is -3.67. The molecule has 0 saturated carbocycles. The zero-order valence-corrected chi connectivity index (χ0v) is 44.3. The van der Waals surface area contributed by atoms with Crippen LogP contribution in [0.4, 0.5) is 0 Å². The Bertz CT molecular complexity index is 1360. The normalized spacial score (nSPS) is 12.8. The van der Waals surface area contributed by atoms with Gasteiger partial charge in [-0.25, -0.2) is 0 Å². The number of ether oxygens (including phenoxy) is 3. The quantitative estimate of drug-likeness (QED) is 0.0262. The van der Waals surface area contributed by atoms with Crippen LogP contribution in [-0.4, -0.2) is 37.2 Å². The van der Waals surface area contributed by atoms with Gasteiger partial charge < -0.3 is 14.2 Å². The molecule has 0 bridgehead atoms. The van der Waals surface area contributed by atoms with Gasteiger partial charge in [-0.1, -0.05) is 214 Å². The molecule has 0 saturated heterocycles. The third-order valence-corrected chi connectivity index (χ3v) is 11.8. The number of carbonyl (C=O) groups is 3. The minimum Gasteiger partial charge on any atom is -0.462 e. The Morgan fingerprint density at radius 2 is 0.574 bits per heavy atom. The second-order valence-corrected chi connectivity index (χ2v) is 18.5. The average Bonchev–Trinajstić information content (AvgIpc) is 3.34. The fourth-order valence-electron chi connectivity index (χ4n) is 7.55. The lowest BCUT2D eigenvalue weighted by Gasteiger charge is -2.18. The summed E-state index contributed by atoms with van der Waals surface area (Å²) >= 11 is 0. The highest BCUT2D eigenvalue weighted by Gasteiger charge is 2.19. The molecule has 0 fully saturated rings. The molecule has 0 rings (SSSR count). The third-order valence-electron chi connectivity index (χ3n) is 11.8. The molecule has 0 aliphatic heterocycles. The molecule has 1 atom stereocenters. The lowest BCUT2D eigenvalue weighted by Crippen LogP contribution is -2.30. The van der Waals surface area contributed by atoms with Gasteiger partial charge in [-0.05, 0) is 122 Å². The van der Waals surface area contributed by atoms with E-state index in [0.29, 0.717) is 19.3 Å². The summed E-state index contributed by atoms with van der Waals surface area (Å²) in [5, 5.41) is 0. The number of esters is 3. The van der Waals surface area contributed by atoms with Crippen molar-refractivity contribution in [3.05, 3.63) is 97.2 Å². The van der Waals surface area contributed by atoms with Crippen molar-refractivity contribution in [2.24, 2.45) is 0 Å². The molecule has 0 spiro atoms. The van der Waals surface area contributed by atoms with Crippen molar-refractivity contribution in [1.29, 1.82) is 0 Å². The molecule has 0 radical (unpaired) electrons. The van der Waals surface area contributed by atoms with E-state index in [-0.39, 0.29) is 31.1 Å². The maximum Gasteiger partial charge on any atom is 0.306 e. The molecule has 0 N–H and O–H groups in total. The van der Waals surface area contributed by atoms with Crippen LogP contribution < -0.4 is 0 Å². The van der Waals surface area contributed by atoms with Gasteiger partial charge in [0.15, 0.2) is 6.10 Å². The van der Waals surface area contributed by atoms with E-state index in [1.165, 1.54) is 89.9 Å². The molecule has 1 unspecified atom stereocenters. The maximum absolute atomic E-state index is 12.9. The second-order valence-electron chi connectivity index (χ2n) is 18.5. The van der Waals surface area contributed by atoms with Gasteiger partial charge in [0.05, 0.1) is 0 Å². The number of allylic oxidation sites excluding steroid dienone is 16. The molecule has 6 heteroatoms. The van der Waals surface area contributed by atoms with E-state index in [1.807, 2.05) is 0 Å². The van der Waals surface area contributed by atoms with Gasteiger partial charge in [-0.2, -0.15) is 0 Å². The molecule has 0 aliphatic carbocycles. The van der Waals surface area contributed by atoms with Crippen LogP contribution in [0.1, 0.15) is 258 Å². The molecule has 0 amide bonds. The minimum atomic E-state index is -0.795. The molecule has 68 heavy (non-hydrogen) atoms. The molecule has 0 aromatic heterocycles.